The first-order valence-electron chi connectivity index (χ1n) is 12.8. The molecule has 0 aliphatic carbocycles. The van der Waals surface area contributed by atoms with E-state index in [4.69, 9.17) is 12.2 Å². The summed E-state index contributed by atoms with van der Waals surface area (Å²) < 4.78 is 3.19. The van der Waals surface area contributed by atoms with E-state index in [2.05, 4.69) is 65.4 Å². The number of fused-ring (bicyclic) bond motifs is 1. The van der Waals surface area contributed by atoms with Crippen LogP contribution in [0.3, 0.4) is 0 Å². The Labute approximate surface area is 240 Å². The number of nitrogens with zero attached hydrogens (tertiary/aromatic N) is 3. The highest BCUT2D eigenvalue weighted by Crippen LogP contribution is 2.39. The van der Waals surface area contributed by atoms with Crippen molar-refractivity contribution in [2.75, 3.05) is 11.9 Å². The Bertz CT molecular complexity index is 1630. The van der Waals surface area contributed by atoms with Crippen molar-refractivity contribution < 1.29 is 4.79 Å². The molecule has 1 fully saturated rings. The van der Waals surface area contributed by atoms with Gasteiger partial charge in [-0.2, -0.15) is 0 Å². The van der Waals surface area contributed by atoms with Gasteiger partial charge in [0.05, 0.1) is 17.8 Å². The van der Waals surface area contributed by atoms with Crippen LogP contribution in [0.25, 0.3) is 16.5 Å². The number of hydrogen-bond acceptors (Lipinski definition) is 3. The number of rotatable bonds is 7. The zero-order valence-corrected chi connectivity index (χ0v) is 23.4. The lowest BCUT2D eigenvalue weighted by Crippen LogP contribution is -2.33. The summed E-state index contributed by atoms with van der Waals surface area (Å²) in [5.41, 5.74) is 3.82. The van der Waals surface area contributed by atoms with Gasteiger partial charge in [-0.05, 0) is 72.2 Å². The molecule has 1 saturated heterocycles. The lowest BCUT2D eigenvalue weighted by atomic mass is 10.0. The van der Waals surface area contributed by atoms with Gasteiger partial charge in [0, 0.05) is 52.3 Å². The van der Waals surface area contributed by atoms with Gasteiger partial charge in [0.2, 0.25) is 5.91 Å². The fourth-order valence-corrected chi connectivity index (χ4v) is 5.81. The molecular formula is C31H26BrN5OS. The number of thiocarbonyl (C=S) groups is 1. The molecule has 3 heterocycles. The second-order valence-electron chi connectivity index (χ2n) is 9.42. The van der Waals surface area contributed by atoms with Crippen molar-refractivity contribution in [3.05, 3.63) is 125 Å². The molecule has 2 N–H and O–H groups in total. The largest absolute Gasteiger partial charge is 0.352 e. The predicted octanol–water partition coefficient (Wildman–Crippen LogP) is 6.79. The molecule has 194 valence electrons. The highest BCUT2D eigenvalue weighted by atomic mass is 79.9. The Morgan fingerprint density at radius 1 is 0.949 bits per heavy atom. The van der Waals surface area contributed by atoms with E-state index in [1.54, 1.807) is 6.20 Å². The van der Waals surface area contributed by atoms with Crippen molar-refractivity contribution in [2.45, 2.75) is 18.5 Å². The van der Waals surface area contributed by atoms with E-state index in [1.807, 2.05) is 78.9 Å². The molecule has 5 aromatic rings. The predicted molar refractivity (Wildman–Crippen MR) is 163 cm³/mol. The zero-order valence-electron chi connectivity index (χ0n) is 21.0. The smallest absolute Gasteiger partial charge is 0.226 e. The molecule has 0 bridgehead atoms. The molecule has 2 aromatic heterocycles. The number of aromatic nitrogens is 2. The van der Waals surface area contributed by atoms with Crippen LogP contribution in [0.4, 0.5) is 5.69 Å². The summed E-state index contributed by atoms with van der Waals surface area (Å²) in [6, 6.07) is 31.9. The minimum atomic E-state index is -0.163. The summed E-state index contributed by atoms with van der Waals surface area (Å²) in [5.74, 6) is -0.0579. The summed E-state index contributed by atoms with van der Waals surface area (Å²) in [5, 5.41) is 9.31. The third-order valence-electron chi connectivity index (χ3n) is 7.03. The van der Waals surface area contributed by atoms with Crippen molar-refractivity contribution in [1.82, 2.24) is 19.8 Å². The Morgan fingerprint density at radius 3 is 2.56 bits per heavy atom. The highest BCUT2D eigenvalue weighted by Gasteiger charge is 2.41. The van der Waals surface area contributed by atoms with Crippen molar-refractivity contribution in [2.24, 2.45) is 0 Å². The standard InChI is InChI=1S/C31H26BrN5OS/c32-22-13-15-23(16-14-22)36-19-6-12-27(36)30-29(26-10-3-4-18-33-26)35-31(39)37(30)20-17-28(38)34-25-11-5-8-21-7-1-2-9-24(21)25/h1-16,18-19,29-30H,17,20H2,(H,34,38)(H,35,39)/t29-,30+/m1/s1. The summed E-state index contributed by atoms with van der Waals surface area (Å²) in [6.07, 6.45) is 4.14. The molecule has 1 aliphatic rings. The van der Waals surface area contributed by atoms with Crippen LogP contribution >= 0.6 is 28.1 Å². The molecule has 2 atom stereocenters. The first-order valence-corrected chi connectivity index (χ1v) is 14.0. The number of pyridine rings is 1. The summed E-state index contributed by atoms with van der Waals surface area (Å²) in [4.78, 5) is 19.9. The van der Waals surface area contributed by atoms with Gasteiger partial charge in [-0.25, -0.2) is 0 Å². The Hall–Kier alpha value is -4.01. The van der Waals surface area contributed by atoms with E-state index in [-0.39, 0.29) is 24.4 Å². The van der Waals surface area contributed by atoms with Gasteiger partial charge in [-0.1, -0.05) is 58.4 Å². The fourth-order valence-electron chi connectivity index (χ4n) is 5.21. The quantitative estimate of drug-likeness (QED) is 0.203. The molecule has 0 unspecified atom stereocenters. The van der Waals surface area contributed by atoms with Crippen LogP contribution in [0.5, 0.6) is 0 Å². The second-order valence-corrected chi connectivity index (χ2v) is 10.7. The monoisotopic (exact) mass is 595 g/mol. The van der Waals surface area contributed by atoms with Gasteiger partial charge >= 0.3 is 0 Å². The van der Waals surface area contributed by atoms with Gasteiger partial charge in [0.1, 0.15) is 0 Å². The van der Waals surface area contributed by atoms with Crippen molar-refractivity contribution >= 4 is 55.6 Å². The molecule has 1 amide bonds. The van der Waals surface area contributed by atoms with Crippen LogP contribution in [0.15, 0.2) is 114 Å². The Kier molecular flexibility index (Phi) is 7.13. The molecule has 8 heteroatoms. The van der Waals surface area contributed by atoms with Crippen LogP contribution in [-0.4, -0.2) is 32.0 Å². The van der Waals surface area contributed by atoms with Crippen LogP contribution in [-0.2, 0) is 4.79 Å². The van der Waals surface area contributed by atoms with Crippen molar-refractivity contribution in [1.29, 1.82) is 0 Å². The minimum absolute atomic E-state index is 0.0579. The van der Waals surface area contributed by atoms with Gasteiger partial charge in [0.15, 0.2) is 5.11 Å². The first kappa shape index (κ1) is 25.3. The third-order valence-corrected chi connectivity index (χ3v) is 7.91. The highest BCUT2D eigenvalue weighted by molar-refractivity contribution is 9.10. The van der Waals surface area contributed by atoms with Gasteiger partial charge < -0.3 is 20.1 Å². The Morgan fingerprint density at radius 2 is 1.74 bits per heavy atom. The number of anilines is 1. The lowest BCUT2D eigenvalue weighted by Gasteiger charge is -2.29. The van der Waals surface area contributed by atoms with E-state index in [1.165, 1.54) is 0 Å². The van der Waals surface area contributed by atoms with Crippen LogP contribution in [0, 0.1) is 0 Å². The van der Waals surface area contributed by atoms with Gasteiger partial charge in [-0.3, -0.25) is 9.78 Å². The average molecular weight is 597 g/mol. The fraction of sp³-hybridized carbons (Fsp3) is 0.129. The molecule has 0 radical (unpaired) electrons. The molecule has 0 saturated carbocycles. The summed E-state index contributed by atoms with van der Waals surface area (Å²) >= 11 is 9.36. The number of carbonyl (C=O) groups is 1. The minimum Gasteiger partial charge on any atom is -0.352 e. The van der Waals surface area contributed by atoms with Crippen LogP contribution in [0.1, 0.15) is 29.9 Å². The molecule has 39 heavy (non-hydrogen) atoms. The maximum absolute atomic E-state index is 13.2. The third kappa shape index (κ3) is 5.17. The summed E-state index contributed by atoms with van der Waals surface area (Å²) in [6.45, 7) is 0.460. The maximum atomic E-state index is 13.2. The maximum Gasteiger partial charge on any atom is 0.226 e. The summed E-state index contributed by atoms with van der Waals surface area (Å²) in [7, 11) is 0. The van der Waals surface area contributed by atoms with E-state index >= 15 is 0 Å². The molecule has 6 rings (SSSR count). The van der Waals surface area contributed by atoms with E-state index < -0.39 is 0 Å². The van der Waals surface area contributed by atoms with E-state index in [0.29, 0.717) is 11.7 Å². The number of benzene rings is 3. The number of halogens is 1. The molecular weight excluding hydrogens is 570 g/mol. The van der Waals surface area contributed by atoms with Crippen LogP contribution < -0.4 is 10.6 Å². The molecule has 3 aromatic carbocycles. The normalized spacial score (nSPS) is 16.8. The molecule has 1 aliphatic heterocycles. The van der Waals surface area contributed by atoms with Gasteiger partial charge in [0.25, 0.3) is 0 Å². The first-order chi connectivity index (χ1) is 19.1. The second kappa shape index (κ2) is 11.0. The average Bonchev–Trinajstić information content (AvgIpc) is 3.57. The van der Waals surface area contributed by atoms with Gasteiger partial charge in [-0.15, -0.1) is 0 Å². The molecule has 0 spiro atoms. The van der Waals surface area contributed by atoms with Crippen molar-refractivity contribution in [3.8, 4) is 5.69 Å². The topological polar surface area (TPSA) is 62.2 Å². The molecule has 6 nitrogen and oxygen atoms in total. The lowest BCUT2D eigenvalue weighted by molar-refractivity contribution is -0.116. The Balaban J connectivity index is 1.29. The van der Waals surface area contributed by atoms with Crippen molar-refractivity contribution in [3.63, 3.8) is 0 Å². The van der Waals surface area contributed by atoms with Crippen LogP contribution in [0.2, 0.25) is 0 Å². The van der Waals surface area contributed by atoms with E-state index in [0.717, 1.165) is 38.0 Å². The zero-order chi connectivity index (χ0) is 26.8. The number of amides is 1. The SMILES string of the molecule is O=C(CCN1C(=S)N[C@H](c2ccccn2)[C@@H]1c1cccn1-c1ccc(Br)cc1)Nc1cccc2ccccc12. The number of carbonyl (C=O) groups excluding carboxylic acids is 1. The number of nitrogens with one attached hydrogen (secondary N) is 2. The van der Waals surface area contributed by atoms with E-state index in [9.17, 15) is 4.79 Å². The number of hydrogen-bond donors (Lipinski definition) is 2.